The van der Waals surface area contributed by atoms with Gasteiger partial charge in [0.05, 0.1) is 11.6 Å². The van der Waals surface area contributed by atoms with Crippen LogP contribution in [-0.2, 0) is 4.79 Å². The normalized spacial score (nSPS) is 12.3. The molecule has 0 bridgehead atoms. The molecule has 1 aromatic carbocycles. The van der Waals surface area contributed by atoms with E-state index in [1.807, 2.05) is 13.8 Å². The van der Waals surface area contributed by atoms with Crippen LogP contribution in [0, 0.1) is 5.92 Å². The maximum absolute atomic E-state index is 11.7. The molecule has 1 rings (SSSR count). The molecule has 6 heteroatoms. The van der Waals surface area contributed by atoms with Gasteiger partial charge in [-0.25, -0.2) is 4.79 Å². The summed E-state index contributed by atoms with van der Waals surface area (Å²) in [6.45, 7) is 3.68. The average Bonchev–Trinajstić information content (AvgIpc) is 2.26. The van der Waals surface area contributed by atoms with Gasteiger partial charge in [0, 0.05) is 10.2 Å². The zero-order valence-corrected chi connectivity index (χ0v) is 11.7. The number of hydrogen-bond acceptors (Lipinski definition) is 3. The smallest absolute Gasteiger partial charge is 0.335 e. The van der Waals surface area contributed by atoms with E-state index in [0.29, 0.717) is 10.2 Å². The highest BCUT2D eigenvalue weighted by molar-refractivity contribution is 9.10. The number of nitrogens with one attached hydrogen (secondary N) is 1. The van der Waals surface area contributed by atoms with Crippen molar-refractivity contribution in [2.45, 2.75) is 19.9 Å². The van der Waals surface area contributed by atoms with Gasteiger partial charge in [0.25, 0.3) is 0 Å². The minimum atomic E-state index is -1.06. The third kappa shape index (κ3) is 3.82. The molecule has 0 spiro atoms. The molecule has 0 aliphatic carbocycles. The number of hydrogen-bond donors (Lipinski definition) is 3. The summed E-state index contributed by atoms with van der Waals surface area (Å²) in [6.07, 6.45) is 0. The van der Waals surface area contributed by atoms with Crippen molar-refractivity contribution in [1.82, 2.24) is 0 Å². The highest BCUT2D eigenvalue weighted by atomic mass is 79.9. The Balaban J connectivity index is 2.91. The van der Waals surface area contributed by atoms with Crippen molar-refractivity contribution >= 4 is 33.5 Å². The number of benzene rings is 1. The van der Waals surface area contributed by atoms with Crippen LogP contribution >= 0.6 is 15.9 Å². The number of nitrogens with two attached hydrogens (primary N) is 1. The lowest BCUT2D eigenvalue weighted by atomic mass is 10.0. The lowest BCUT2D eigenvalue weighted by molar-refractivity contribution is -0.118. The summed E-state index contributed by atoms with van der Waals surface area (Å²) in [7, 11) is 0. The van der Waals surface area contributed by atoms with E-state index in [9.17, 15) is 9.59 Å². The first-order chi connectivity index (χ1) is 8.31. The van der Waals surface area contributed by atoms with Gasteiger partial charge in [-0.15, -0.1) is 0 Å². The zero-order chi connectivity index (χ0) is 13.9. The molecule has 1 amide bonds. The monoisotopic (exact) mass is 314 g/mol. The number of carbonyl (C=O) groups excluding carboxylic acids is 1. The van der Waals surface area contributed by atoms with E-state index in [1.165, 1.54) is 12.1 Å². The fourth-order valence-corrected chi connectivity index (χ4v) is 1.81. The van der Waals surface area contributed by atoms with Crippen LogP contribution in [0.2, 0.25) is 0 Å². The van der Waals surface area contributed by atoms with Gasteiger partial charge in [-0.05, 0) is 24.1 Å². The van der Waals surface area contributed by atoms with Gasteiger partial charge in [-0.1, -0.05) is 29.8 Å². The predicted molar refractivity (Wildman–Crippen MR) is 72.5 cm³/mol. The minimum Gasteiger partial charge on any atom is -0.478 e. The maximum Gasteiger partial charge on any atom is 0.335 e. The first-order valence-corrected chi connectivity index (χ1v) is 6.21. The van der Waals surface area contributed by atoms with E-state index < -0.39 is 12.0 Å². The van der Waals surface area contributed by atoms with Gasteiger partial charge in [0.1, 0.15) is 0 Å². The minimum absolute atomic E-state index is 0.0103. The molecule has 0 aliphatic rings. The van der Waals surface area contributed by atoms with Crippen LogP contribution in [0.25, 0.3) is 0 Å². The van der Waals surface area contributed by atoms with Gasteiger partial charge >= 0.3 is 5.97 Å². The number of halogens is 1. The van der Waals surface area contributed by atoms with Crippen molar-refractivity contribution in [1.29, 1.82) is 0 Å². The van der Waals surface area contributed by atoms with E-state index in [1.54, 1.807) is 6.07 Å². The Hall–Kier alpha value is -1.40. The number of amides is 1. The second kappa shape index (κ2) is 5.97. The molecule has 0 fully saturated rings. The SMILES string of the molecule is CC(C)[C@@H](N)C(=O)Nc1cc(Br)cc(C(=O)O)c1. The van der Waals surface area contributed by atoms with E-state index in [-0.39, 0.29) is 17.4 Å². The van der Waals surface area contributed by atoms with Gasteiger partial charge in [-0.3, -0.25) is 4.79 Å². The van der Waals surface area contributed by atoms with Crippen LogP contribution in [-0.4, -0.2) is 23.0 Å². The number of rotatable bonds is 4. The molecule has 1 aromatic rings. The second-order valence-corrected chi connectivity index (χ2v) is 5.21. The Bertz CT molecular complexity index is 474. The number of carboxylic acid groups (broad SMARTS) is 1. The van der Waals surface area contributed by atoms with E-state index in [0.717, 1.165) is 0 Å². The van der Waals surface area contributed by atoms with Gasteiger partial charge in [0.15, 0.2) is 0 Å². The Morgan fingerprint density at radius 1 is 1.33 bits per heavy atom. The Morgan fingerprint density at radius 2 is 1.94 bits per heavy atom. The summed E-state index contributed by atoms with van der Waals surface area (Å²) in [4.78, 5) is 22.6. The van der Waals surface area contributed by atoms with Crippen molar-refractivity contribution in [2.75, 3.05) is 5.32 Å². The summed E-state index contributed by atoms with van der Waals surface area (Å²) in [5.74, 6) is -1.38. The molecule has 0 saturated heterocycles. The van der Waals surface area contributed by atoms with Crippen molar-refractivity contribution in [3.05, 3.63) is 28.2 Å². The fourth-order valence-electron chi connectivity index (χ4n) is 1.31. The average molecular weight is 315 g/mol. The summed E-state index contributed by atoms with van der Waals surface area (Å²) >= 11 is 3.19. The predicted octanol–water partition coefficient (Wildman–Crippen LogP) is 2.07. The Kier molecular flexibility index (Phi) is 4.86. The summed E-state index contributed by atoms with van der Waals surface area (Å²) in [6, 6.07) is 3.84. The lowest BCUT2D eigenvalue weighted by Crippen LogP contribution is -2.39. The van der Waals surface area contributed by atoms with E-state index in [2.05, 4.69) is 21.2 Å². The van der Waals surface area contributed by atoms with Crippen molar-refractivity contribution < 1.29 is 14.7 Å². The highest BCUT2D eigenvalue weighted by Crippen LogP contribution is 2.20. The third-order valence-corrected chi connectivity index (χ3v) is 2.89. The summed E-state index contributed by atoms with van der Waals surface area (Å²) in [5, 5.41) is 11.5. The number of aromatic carboxylic acids is 1. The van der Waals surface area contributed by atoms with Crippen molar-refractivity contribution in [3.8, 4) is 0 Å². The number of anilines is 1. The first-order valence-electron chi connectivity index (χ1n) is 5.41. The lowest BCUT2D eigenvalue weighted by Gasteiger charge is -2.15. The van der Waals surface area contributed by atoms with Gasteiger partial charge < -0.3 is 16.2 Å². The molecule has 1 atom stereocenters. The van der Waals surface area contributed by atoms with Crippen LogP contribution in [0.15, 0.2) is 22.7 Å². The molecule has 98 valence electrons. The molecule has 4 N–H and O–H groups in total. The van der Waals surface area contributed by atoms with Gasteiger partial charge in [0.2, 0.25) is 5.91 Å². The highest BCUT2D eigenvalue weighted by Gasteiger charge is 2.17. The molecular weight excluding hydrogens is 300 g/mol. The zero-order valence-electron chi connectivity index (χ0n) is 10.1. The molecule has 0 radical (unpaired) electrons. The first kappa shape index (κ1) is 14.7. The third-order valence-electron chi connectivity index (χ3n) is 2.43. The van der Waals surface area contributed by atoms with Crippen LogP contribution < -0.4 is 11.1 Å². The Labute approximate surface area is 113 Å². The van der Waals surface area contributed by atoms with Crippen molar-refractivity contribution in [3.63, 3.8) is 0 Å². The van der Waals surface area contributed by atoms with Crippen LogP contribution in [0.1, 0.15) is 24.2 Å². The largest absolute Gasteiger partial charge is 0.478 e. The molecule has 0 saturated carbocycles. The summed E-state index contributed by atoms with van der Waals surface area (Å²) in [5.41, 5.74) is 6.20. The maximum atomic E-state index is 11.7. The van der Waals surface area contributed by atoms with Crippen LogP contribution in [0.4, 0.5) is 5.69 Å². The summed E-state index contributed by atoms with van der Waals surface area (Å²) < 4.78 is 0.579. The molecule has 0 heterocycles. The number of carbonyl (C=O) groups is 2. The second-order valence-electron chi connectivity index (χ2n) is 4.29. The van der Waals surface area contributed by atoms with E-state index >= 15 is 0 Å². The van der Waals surface area contributed by atoms with Crippen LogP contribution in [0.3, 0.4) is 0 Å². The molecule has 0 aliphatic heterocycles. The van der Waals surface area contributed by atoms with Gasteiger partial charge in [-0.2, -0.15) is 0 Å². The standard InChI is InChI=1S/C12H15BrN2O3/c1-6(2)10(14)11(16)15-9-4-7(12(17)18)3-8(13)5-9/h3-6,10H,14H2,1-2H3,(H,15,16)(H,17,18)/t10-/m1/s1. The molecule has 0 aromatic heterocycles. The van der Waals surface area contributed by atoms with Crippen molar-refractivity contribution in [2.24, 2.45) is 11.7 Å². The fraction of sp³-hybridized carbons (Fsp3) is 0.333. The molecular formula is C12H15BrN2O3. The topological polar surface area (TPSA) is 92.4 Å². The number of carboxylic acids is 1. The molecule has 5 nitrogen and oxygen atoms in total. The van der Waals surface area contributed by atoms with E-state index in [4.69, 9.17) is 10.8 Å². The van der Waals surface area contributed by atoms with Crippen LogP contribution in [0.5, 0.6) is 0 Å². The molecule has 18 heavy (non-hydrogen) atoms. The molecule has 0 unspecified atom stereocenters. The Morgan fingerprint density at radius 3 is 2.44 bits per heavy atom. The quantitative estimate of drug-likeness (QED) is 0.793.